The van der Waals surface area contributed by atoms with Crippen LogP contribution in [0.1, 0.15) is 25.3 Å². The van der Waals surface area contributed by atoms with E-state index in [9.17, 15) is 9.90 Å². The van der Waals surface area contributed by atoms with E-state index in [4.69, 9.17) is 0 Å². The standard InChI is InChI=1S/C13H18N2O2/c1-13(17)5-3-7-15(10-13)12(16)8-11-4-2-6-14-9-11/h2,4,6,9,17H,3,5,7-8,10H2,1H3. The van der Waals surface area contributed by atoms with Crippen molar-refractivity contribution in [3.63, 3.8) is 0 Å². The first-order chi connectivity index (χ1) is 8.07. The van der Waals surface area contributed by atoms with Crippen LogP contribution in [0, 0.1) is 0 Å². The van der Waals surface area contributed by atoms with Gasteiger partial charge in [-0.1, -0.05) is 6.07 Å². The van der Waals surface area contributed by atoms with E-state index in [1.54, 1.807) is 24.2 Å². The monoisotopic (exact) mass is 234 g/mol. The Labute approximate surface area is 101 Å². The first-order valence-electron chi connectivity index (χ1n) is 5.96. The van der Waals surface area contributed by atoms with E-state index < -0.39 is 5.60 Å². The van der Waals surface area contributed by atoms with Crippen LogP contribution in [0.5, 0.6) is 0 Å². The highest BCUT2D eigenvalue weighted by molar-refractivity contribution is 5.78. The van der Waals surface area contributed by atoms with Crippen molar-refractivity contribution in [1.82, 2.24) is 9.88 Å². The van der Waals surface area contributed by atoms with Crippen molar-refractivity contribution < 1.29 is 9.90 Å². The van der Waals surface area contributed by atoms with Crippen LogP contribution < -0.4 is 0 Å². The Morgan fingerprint density at radius 3 is 3.12 bits per heavy atom. The van der Waals surface area contributed by atoms with Crippen molar-refractivity contribution in [2.24, 2.45) is 0 Å². The maximum Gasteiger partial charge on any atom is 0.227 e. The van der Waals surface area contributed by atoms with E-state index in [-0.39, 0.29) is 5.91 Å². The molecular weight excluding hydrogens is 216 g/mol. The highest BCUT2D eigenvalue weighted by Gasteiger charge is 2.30. The van der Waals surface area contributed by atoms with Gasteiger partial charge in [-0.05, 0) is 31.4 Å². The van der Waals surface area contributed by atoms with Gasteiger partial charge in [0.15, 0.2) is 0 Å². The van der Waals surface area contributed by atoms with Crippen molar-refractivity contribution in [2.75, 3.05) is 13.1 Å². The van der Waals surface area contributed by atoms with Crippen LogP contribution in [0.2, 0.25) is 0 Å². The topological polar surface area (TPSA) is 53.4 Å². The minimum Gasteiger partial charge on any atom is -0.388 e. The summed E-state index contributed by atoms with van der Waals surface area (Å²) in [6, 6.07) is 3.72. The number of aliphatic hydroxyl groups is 1. The Kier molecular flexibility index (Phi) is 3.43. The minimum absolute atomic E-state index is 0.0676. The van der Waals surface area contributed by atoms with E-state index >= 15 is 0 Å². The lowest BCUT2D eigenvalue weighted by Crippen LogP contribution is -2.49. The van der Waals surface area contributed by atoms with Crippen LogP contribution in [0.15, 0.2) is 24.5 Å². The van der Waals surface area contributed by atoms with Crippen molar-refractivity contribution in [3.05, 3.63) is 30.1 Å². The highest BCUT2D eigenvalue weighted by Crippen LogP contribution is 2.20. The summed E-state index contributed by atoms with van der Waals surface area (Å²) in [5, 5.41) is 9.95. The molecule has 1 amide bonds. The van der Waals surface area contributed by atoms with Gasteiger partial charge in [0.25, 0.3) is 0 Å². The second-order valence-corrected chi connectivity index (χ2v) is 4.95. The summed E-state index contributed by atoms with van der Waals surface area (Å²) >= 11 is 0. The molecular formula is C13H18N2O2. The number of likely N-dealkylation sites (tertiary alicyclic amines) is 1. The number of rotatable bonds is 2. The van der Waals surface area contributed by atoms with Crippen molar-refractivity contribution in [3.8, 4) is 0 Å². The zero-order chi connectivity index (χ0) is 12.3. The molecule has 0 spiro atoms. The lowest BCUT2D eigenvalue weighted by Gasteiger charge is -2.36. The third-order valence-corrected chi connectivity index (χ3v) is 3.11. The van der Waals surface area contributed by atoms with Crippen molar-refractivity contribution >= 4 is 5.91 Å². The van der Waals surface area contributed by atoms with Gasteiger partial charge in [0, 0.05) is 25.5 Å². The molecule has 1 fully saturated rings. The first-order valence-corrected chi connectivity index (χ1v) is 5.96. The predicted molar refractivity (Wildman–Crippen MR) is 64.4 cm³/mol. The maximum atomic E-state index is 12.0. The van der Waals surface area contributed by atoms with Gasteiger partial charge in [-0.3, -0.25) is 9.78 Å². The Hall–Kier alpha value is -1.42. The van der Waals surface area contributed by atoms with Gasteiger partial charge in [0.2, 0.25) is 5.91 Å². The Morgan fingerprint density at radius 1 is 1.65 bits per heavy atom. The summed E-state index contributed by atoms with van der Waals surface area (Å²) in [6.07, 6.45) is 5.40. The lowest BCUT2D eigenvalue weighted by molar-refractivity contribution is -0.136. The molecule has 1 atom stereocenters. The fourth-order valence-electron chi connectivity index (χ4n) is 2.22. The molecule has 92 valence electrons. The number of amides is 1. The number of carbonyl (C=O) groups is 1. The molecule has 0 aliphatic carbocycles. The summed E-state index contributed by atoms with van der Waals surface area (Å²) < 4.78 is 0. The van der Waals surface area contributed by atoms with Crippen LogP contribution in [-0.2, 0) is 11.2 Å². The zero-order valence-electron chi connectivity index (χ0n) is 10.1. The number of carbonyl (C=O) groups excluding carboxylic acids is 1. The van der Waals surface area contributed by atoms with Gasteiger partial charge in [0.05, 0.1) is 12.0 Å². The second-order valence-electron chi connectivity index (χ2n) is 4.95. The molecule has 17 heavy (non-hydrogen) atoms. The van der Waals surface area contributed by atoms with Crippen LogP contribution in [0.3, 0.4) is 0 Å². The van der Waals surface area contributed by atoms with E-state index in [0.29, 0.717) is 13.0 Å². The molecule has 4 heteroatoms. The first kappa shape index (κ1) is 12.0. The average molecular weight is 234 g/mol. The number of hydrogen-bond donors (Lipinski definition) is 1. The van der Waals surface area contributed by atoms with Gasteiger partial charge in [-0.2, -0.15) is 0 Å². The Morgan fingerprint density at radius 2 is 2.47 bits per heavy atom. The maximum absolute atomic E-state index is 12.0. The number of pyridine rings is 1. The summed E-state index contributed by atoms with van der Waals surface area (Å²) in [7, 11) is 0. The summed E-state index contributed by atoms with van der Waals surface area (Å²) in [6.45, 7) is 2.97. The van der Waals surface area contributed by atoms with Gasteiger partial charge in [-0.25, -0.2) is 0 Å². The third kappa shape index (κ3) is 3.27. The van der Waals surface area contributed by atoms with Gasteiger partial charge in [0.1, 0.15) is 0 Å². The number of nitrogens with zero attached hydrogens (tertiary/aromatic N) is 2. The predicted octanol–water partition coefficient (Wildman–Crippen LogP) is 0.998. The van der Waals surface area contributed by atoms with Crippen LogP contribution in [-0.4, -0.2) is 39.6 Å². The van der Waals surface area contributed by atoms with Crippen molar-refractivity contribution in [2.45, 2.75) is 31.8 Å². The molecule has 1 unspecified atom stereocenters. The van der Waals surface area contributed by atoms with E-state index in [0.717, 1.165) is 24.9 Å². The molecule has 1 aliphatic rings. The average Bonchev–Trinajstić information content (AvgIpc) is 2.29. The molecule has 1 N–H and O–H groups in total. The molecule has 2 heterocycles. The fraction of sp³-hybridized carbons (Fsp3) is 0.538. The molecule has 0 aromatic carbocycles. The highest BCUT2D eigenvalue weighted by atomic mass is 16.3. The molecule has 1 aromatic heterocycles. The van der Waals surface area contributed by atoms with Crippen molar-refractivity contribution in [1.29, 1.82) is 0 Å². The largest absolute Gasteiger partial charge is 0.388 e. The Balaban J connectivity index is 1.96. The molecule has 4 nitrogen and oxygen atoms in total. The van der Waals surface area contributed by atoms with Gasteiger partial charge in [-0.15, -0.1) is 0 Å². The Bertz CT molecular complexity index is 390. The second kappa shape index (κ2) is 4.84. The van der Waals surface area contributed by atoms with E-state index in [1.807, 2.05) is 12.1 Å². The van der Waals surface area contributed by atoms with Crippen LogP contribution in [0.25, 0.3) is 0 Å². The quantitative estimate of drug-likeness (QED) is 0.830. The lowest BCUT2D eigenvalue weighted by atomic mass is 9.95. The van der Waals surface area contributed by atoms with Gasteiger partial charge < -0.3 is 10.0 Å². The van der Waals surface area contributed by atoms with Crippen LogP contribution >= 0.6 is 0 Å². The SMILES string of the molecule is CC1(O)CCCN(C(=O)Cc2cccnc2)C1. The molecule has 0 radical (unpaired) electrons. The minimum atomic E-state index is -0.733. The number of piperidine rings is 1. The number of hydrogen-bond acceptors (Lipinski definition) is 3. The number of β-amino-alcohol motifs (C(OH)–C–C–N with tert-alkyl or cyclic N) is 1. The van der Waals surface area contributed by atoms with E-state index in [1.165, 1.54) is 0 Å². The molecule has 1 aromatic rings. The zero-order valence-corrected chi connectivity index (χ0v) is 10.1. The number of aromatic nitrogens is 1. The molecule has 2 rings (SSSR count). The third-order valence-electron chi connectivity index (χ3n) is 3.11. The molecule has 0 saturated carbocycles. The smallest absolute Gasteiger partial charge is 0.227 e. The van der Waals surface area contributed by atoms with Crippen LogP contribution in [0.4, 0.5) is 0 Å². The summed E-state index contributed by atoms with van der Waals surface area (Å²) in [5.41, 5.74) is 0.186. The molecule has 1 aliphatic heterocycles. The normalized spacial score (nSPS) is 24.7. The fourth-order valence-corrected chi connectivity index (χ4v) is 2.22. The van der Waals surface area contributed by atoms with Gasteiger partial charge >= 0.3 is 0 Å². The summed E-state index contributed by atoms with van der Waals surface area (Å²) in [5.74, 6) is 0.0676. The van der Waals surface area contributed by atoms with E-state index in [2.05, 4.69) is 4.98 Å². The molecule has 0 bridgehead atoms. The molecule has 1 saturated heterocycles. The summed E-state index contributed by atoms with van der Waals surface area (Å²) in [4.78, 5) is 17.8.